The summed E-state index contributed by atoms with van der Waals surface area (Å²) < 4.78 is 7.76. The predicted molar refractivity (Wildman–Crippen MR) is 69.1 cm³/mol. The smallest absolute Gasteiger partial charge is 0.167 e. The second kappa shape index (κ2) is 4.43. The van der Waals surface area contributed by atoms with Gasteiger partial charge in [-0.2, -0.15) is 0 Å². The fourth-order valence-corrected chi connectivity index (χ4v) is 2.61. The summed E-state index contributed by atoms with van der Waals surface area (Å²) in [5.74, 6) is 0.888. The van der Waals surface area contributed by atoms with Crippen LogP contribution in [0.3, 0.4) is 0 Å². The van der Waals surface area contributed by atoms with E-state index in [-0.39, 0.29) is 30.8 Å². The van der Waals surface area contributed by atoms with Crippen molar-refractivity contribution < 1.29 is 9.84 Å². The van der Waals surface area contributed by atoms with Crippen LogP contribution in [0.4, 0.5) is 5.82 Å². The van der Waals surface area contributed by atoms with Gasteiger partial charge in [-0.25, -0.2) is 15.0 Å². The van der Waals surface area contributed by atoms with Crippen molar-refractivity contribution in [1.82, 2.24) is 19.5 Å². The normalized spacial score (nSPS) is 31.1. The second-order valence-electron chi connectivity index (χ2n) is 5.05. The highest BCUT2D eigenvalue weighted by molar-refractivity contribution is 5.81. The minimum atomic E-state index is -0.188. The van der Waals surface area contributed by atoms with Crippen molar-refractivity contribution in [2.75, 3.05) is 12.3 Å². The van der Waals surface area contributed by atoms with E-state index in [2.05, 4.69) is 28.8 Å². The molecule has 0 amide bonds. The molecule has 1 saturated heterocycles. The Labute approximate surface area is 110 Å². The molecule has 2 aromatic rings. The summed E-state index contributed by atoms with van der Waals surface area (Å²) in [5, 5.41) is 9.33. The highest BCUT2D eigenvalue weighted by atomic mass is 16.5. The molecule has 3 rings (SSSR count). The molecule has 3 N–H and O–H groups in total. The van der Waals surface area contributed by atoms with Gasteiger partial charge in [0.2, 0.25) is 0 Å². The number of hydrogen-bond acceptors (Lipinski definition) is 6. The average Bonchev–Trinajstić information content (AvgIpc) is 2.94. The van der Waals surface area contributed by atoms with Crippen LogP contribution in [0, 0.1) is 11.8 Å². The lowest BCUT2D eigenvalue weighted by Crippen LogP contribution is -2.19. The number of fused-ring (bicyclic) bond motifs is 1. The molecule has 0 aromatic carbocycles. The highest BCUT2D eigenvalue weighted by Crippen LogP contribution is 2.39. The van der Waals surface area contributed by atoms with Crippen LogP contribution in [0.5, 0.6) is 0 Å². The van der Waals surface area contributed by atoms with Crippen molar-refractivity contribution >= 4 is 17.0 Å². The molecule has 0 spiro atoms. The maximum atomic E-state index is 9.33. The van der Waals surface area contributed by atoms with Crippen molar-refractivity contribution in [3.8, 4) is 0 Å². The number of nitrogens with two attached hydrogens (primary N) is 1. The first-order valence-electron chi connectivity index (χ1n) is 6.32. The molecular weight excluding hydrogens is 246 g/mol. The molecular formula is C12H17N5O2. The van der Waals surface area contributed by atoms with Crippen molar-refractivity contribution in [2.45, 2.75) is 26.2 Å². The highest BCUT2D eigenvalue weighted by Gasteiger charge is 2.40. The van der Waals surface area contributed by atoms with Gasteiger partial charge in [0.05, 0.1) is 19.0 Å². The van der Waals surface area contributed by atoms with Gasteiger partial charge >= 0.3 is 0 Å². The third-order valence-electron chi connectivity index (χ3n) is 4.02. The molecule has 1 unspecified atom stereocenters. The van der Waals surface area contributed by atoms with Gasteiger partial charge in [0.1, 0.15) is 18.1 Å². The van der Waals surface area contributed by atoms with Crippen LogP contribution in [-0.2, 0) is 4.74 Å². The third kappa shape index (κ3) is 1.77. The monoisotopic (exact) mass is 263 g/mol. The summed E-state index contributed by atoms with van der Waals surface area (Å²) >= 11 is 0. The molecule has 3 heterocycles. The Balaban J connectivity index is 2.04. The van der Waals surface area contributed by atoms with Gasteiger partial charge in [0.15, 0.2) is 11.5 Å². The number of hydrogen-bond donors (Lipinski definition) is 2. The maximum Gasteiger partial charge on any atom is 0.167 e. The lowest BCUT2D eigenvalue weighted by molar-refractivity contribution is -0.0336. The zero-order valence-electron chi connectivity index (χ0n) is 10.9. The van der Waals surface area contributed by atoms with Crippen LogP contribution in [-0.4, -0.2) is 37.3 Å². The number of aliphatic hydroxyl groups excluding tert-OH is 1. The van der Waals surface area contributed by atoms with Gasteiger partial charge in [-0.1, -0.05) is 13.8 Å². The Bertz CT molecular complexity index is 599. The molecule has 0 radical (unpaired) electrons. The first kappa shape index (κ1) is 12.3. The molecule has 102 valence electrons. The molecule has 0 bridgehead atoms. The van der Waals surface area contributed by atoms with Crippen molar-refractivity contribution in [3.63, 3.8) is 0 Å². The van der Waals surface area contributed by atoms with Gasteiger partial charge in [0.25, 0.3) is 0 Å². The summed E-state index contributed by atoms with van der Waals surface area (Å²) in [7, 11) is 0. The van der Waals surface area contributed by atoms with Gasteiger partial charge in [0, 0.05) is 5.92 Å². The van der Waals surface area contributed by atoms with Gasteiger partial charge in [-0.15, -0.1) is 0 Å². The van der Waals surface area contributed by atoms with Crippen LogP contribution in [0.15, 0.2) is 12.7 Å². The van der Waals surface area contributed by atoms with Crippen LogP contribution in [0.25, 0.3) is 11.2 Å². The van der Waals surface area contributed by atoms with E-state index < -0.39 is 0 Å². The fourth-order valence-electron chi connectivity index (χ4n) is 2.61. The SMILES string of the molecule is CC1[C@@H](CO)O[C@@H](n2cnc3c(N)ncnc32)[C@H]1C. The van der Waals surface area contributed by atoms with Gasteiger partial charge in [-0.05, 0) is 5.92 Å². The zero-order chi connectivity index (χ0) is 13.6. The predicted octanol–water partition coefficient (Wildman–Crippen LogP) is 0.570. The van der Waals surface area contributed by atoms with Gasteiger partial charge < -0.3 is 15.6 Å². The third-order valence-corrected chi connectivity index (χ3v) is 4.02. The first-order valence-corrected chi connectivity index (χ1v) is 6.32. The van der Waals surface area contributed by atoms with E-state index in [1.165, 1.54) is 6.33 Å². The molecule has 7 nitrogen and oxygen atoms in total. The van der Waals surface area contributed by atoms with Crippen LogP contribution >= 0.6 is 0 Å². The lowest BCUT2D eigenvalue weighted by Gasteiger charge is -2.17. The summed E-state index contributed by atoms with van der Waals surface area (Å²) in [6.45, 7) is 4.20. The Morgan fingerprint density at radius 2 is 2.11 bits per heavy atom. The molecule has 2 aromatic heterocycles. The minimum absolute atomic E-state index is 0.0196. The number of nitrogen functional groups attached to an aromatic ring is 1. The Morgan fingerprint density at radius 1 is 1.32 bits per heavy atom. The maximum absolute atomic E-state index is 9.33. The molecule has 4 atom stereocenters. The van der Waals surface area contributed by atoms with E-state index in [0.717, 1.165) is 0 Å². The van der Waals surface area contributed by atoms with Crippen molar-refractivity contribution in [2.24, 2.45) is 11.8 Å². The molecule has 1 fully saturated rings. The second-order valence-corrected chi connectivity index (χ2v) is 5.05. The summed E-state index contributed by atoms with van der Waals surface area (Å²) in [5.41, 5.74) is 7.02. The van der Waals surface area contributed by atoms with E-state index in [9.17, 15) is 5.11 Å². The van der Waals surface area contributed by atoms with Crippen LogP contribution in [0.1, 0.15) is 20.1 Å². The minimum Gasteiger partial charge on any atom is -0.394 e. The number of nitrogens with zero attached hydrogens (tertiary/aromatic N) is 4. The number of aliphatic hydroxyl groups is 1. The molecule has 0 saturated carbocycles. The van der Waals surface area contributed by atoms with Crippen molar-refractivity contribution in [3.05, 3.63) is 12.7 Å². The molecule has 0 aliphatic carbocycles. The number of imidazole rings is 1. The Kier molecular flexibility index (Phi) is 2.87. The lowest BCUT2D eigenvalue weighted by atomic mass is 9.93. The molecule has 19 heavy (non-hydrogen) atoms. The topological polar surface area (TPSA) is 99.1 Å². The molecule has 1 aliphatic rings. The van der Waals surface area contributed by atoms with E-state index in [0.29, 0.717) is 17.0 Å². The number of anilines is 1. The fraction of sp³-hybridized carbons (Fsp3) is 0.583. The summed E-state index contributed by atoms with van der Waals surface area (Å²) in [6.07, 6.45) is 2.74. The zero-order valence-corrected chi connectivity index (χ0v) is 10.9. The van der Waals surface area contributed by atoms with E-state index in [4.69, 9.17) is 10.5 Å². The largest absolute Gasteiger partial charge is 0.394 e. The first-order chi connectivity index (χ1) is 9.13. The van der Waals surface area contributed by atoms with E-state index in [1.807, 2.05) is 4.57 Å². The van der Waals surface area contributed by atoms with Crippen molar-refractivity contribution in [1.29, 1.82) is 0 Å². The molecule has 7 heteroatoms. The van der Waals surface area contributed by atoms with Crippen LogP contribution < -0.4 is 5.73 Å². The number of aromatic nitrogens is 4. The van der Waals surface area contributed by atoms with Gasteiger partial charge in [-0.3, -0.25) is 4.57 Å². The quantitative estimate of drug-likeness (QED) is 0.821. The van der Waals surface area contributed by atoms with Crippen LogP contribution in [0.2, 0.25) is 0 Å². The average molecular weight is 263 g/mol. The standard InChI is InChI=1S/C12H17N5O2/c1-6-7(2)12(19-8(6)3-18)17-5-16-9-10(13)14-4-15-11(9)17/h4-8,12,18H,3H2,1-2H3,(H2,13,14,15)/t6?,7-,8+,12+/m0/s1. The van der Waals surface area contributed by atoms with E-state index >= 15 is 0 Å². The number of rotatable bonds is 2. The Morgan fingerprint density at radius 3 is 2.79 bits per heavy atom. The Hall–Kier alpha value is -1.73. The number of ether oxygens (including phenoxy) is 1. The van der Waals surface area contributed by atoms with E-state index in [1.54, 1.807) is 6.33 Å². The summed E-state index contributed by atoms with van der Waals surface area (Å²) in [6, 6.07) is 0. The molecule has 1 aliphatic heterocycles. The summed E-state index contributed by atoms with van der Waals surface area (Å²) in [4.78, 5) is 12.4.